The Morgan fingerprint density at radius 2 is 2.17 bits per heavy atom. The Morgan fingerprint density at radius 3 is 2.75 bits per heavy atom. The molecule has 2 aromatic rings. The van der Waals surface area contributed by atoms with Gasteiger partial charge in [-0.2, -0.15) is 0 Å². The summed E-state index contributed by atoms with van der Waals surface area (Å²) in [5.41, 5.74) is 5.34. The Kier molecular flexibility index (Phi) is 2.72. The summed E-state index contributed by atoms with van der Waals surface area (Å²) < 4.78 is 2.44. The van der Waals surface area contributed by atoms with E-state index in [-0.39, 0.29) is 18.2 Å². The second kappa shape index (κ2) is 3.43. The fraction of sp³-hybridized carbons (Fsp3) is 0. The lowest BCUT2D eigenvalue weighted by Crippen LogP contribution is -2.08. The van der Waals surface area contributed by atoms with E-state index in [4.69, 9.17) is 11.1 Å². The van der Waals surface area contributed by atoms with Crippen LogP contribution in [-0.2, 0) is 0 Å². The van der Waals surface area contributed by atoms with E-state index in [9.17, 15) is 0 Å². The maximum atomic E-state index is 7.20. The molecule has 0 aromatic carbocycles. The zero-order valence-corrected chi connectivity index (χ0v) is 8.48. The van der Waals surface area contributed by atoms with Crippen LogP contribution in [0.4, 0.5) is 0 Å². The Hall–Kier alpha value is -0.580. The highest BCUT2D eigenvalue weighted by atomic mass is 35.5. The molecule has 0 aliphatic carbocycles. The number of hydrogen-bond donors (Lipinski definition) is 2. The van der Waals surface area contributed by atoms with Gasteiger partial charge in [0.2, 0.25) is 0 Å². The Morgan fingerprint density at radius 1 is 1.42 bits per heavy atom. The van der Waals surface area contributed by atoms with Crippen LogP contribution in [0, 0.1) is 5.41 Å². The van der Waals surface area contributed by atoms with Crippen molar-refractivity contribution >= 4 is 50.3 Å². The standard InChI is InChI=1S/C7H6N2S2.ClH/c8-7(9)6-3-5-4(11-6)1-2-10-5;/h1-3H,(H3,8,9);1H. The molecule has 5 heteroatoms. The molecule has 0 amide bonds. The first-order valence-electron chi connectivity index (χ1n) is 3.09. The third kappa shape index (κ3) is 1.46. The summed E-state index contributed by atoms with van der Waals surface area (Å²) in [6, 6.07) is 4.02. The molecule has 0 atom stereocenters. The summed E-state index contributed by atoms with van der Waals surface area (Å²) >= 11 is 3.26. The van der Waals surface area contributed by atoms with Crippen LogP contribution in [0.15, 0.2) is 17.5 Å². The molecule has 12 heavy (non-hydrogen) atoms. The van der Waals surface area contributed by atoms with Crippen LogP contribution in [-0.4, -0.2) is 5.84 Å². The van der Waals surface area contributed by atoms with Gasteiger partial charge in [0.25, 0.3) is 0 Å². The van der Waals surface area contributed by atoms with Crippen LogP contribution in [0.2, 0.25) is 0 Å². The van der Waals surface area contributed by atoms with E-state index in [0.29, 0.717) is 0 Å². The van der Waals surface area contributed by atoms with Gasteiger partial charge in [-0.1, -0.05) is 0 Å². The first kappa shape index (κ1) is 9.51. The first-order chi connectivity index (χ1) is 5.27. The van der Waals surface area contributed by atoms with E-state index in [1.807, 2.05) is 11.4 Å². The highest BCUT2D eigenvalue weighted by Crippen LogP contribution is 2.29. The zero-order valence-electron chi connectivity index (χ0n) is 6.03. The number of hydrogen-bond acceptors (Lipinski definition) is 3. The molecule has 0 bridgehead atoms. The molecule has 0 aliphatic heterocycles. The largest absolute Gasteiger partial charge is 0.383 e. The Labute approximate surface area is 83.9 Å². The summed E-state index contributed by atoms with van der Waals surface area (Å²) in [7, 11) is 0. The highest BCUT2D eigenvalue weighted by molar-refractivity contribution is 7.27. The SMILES string of the molecule is Cl.N=C(N)c1cc2sccc2s1. The topological polar surface area (TPSA) is 49.9 Å². The smallest absolute Gasteiger partial charge is 0.133 e. The molecule has 3 N–H and O–H groups in total. The number of amidine groups is 1. The van der Waals surface area contributed by atoms with E-state index in [1.54, 1.807) is 22.7 Å². The number of nitrogen functional groups attached to an aromatic ring is 1. The van der Waals surface area contributed by atoms with Crippen molar-refractivity contribution in [3.05, 3.63) is 22.4 Å². The summed E-state index contributed by atoms with van der Waals surface area (Å²) in [6.07, 6.45) is 0. The lowest BCUT2D eigenvalue weighted by atomic mass is 10.4. The van der Waals surface area contributed by atoms with Crippen molar-refractivity contribution in [2.45, 2.75) is 0 Å². The highest BCUT2D eigenvalue weighted by Gasteiger charge is 2.03. The predicted molar refractivity (Wildman–Crippen MR) is 58.0 cm³/mol. The minimum Gasteiger partial charge on any atom is -0.383 e. The molecule has 0 unspecified atom stereocenters. The van der Waals surface area contributed by atoms with Gasteiger partial charge in [0, 0.05) is 9.40 Å². The van der Waals surface area contributed by atoms with Crippen molar-refractivity contribution in [3.8, 4) is 0 Å². The van der Waals surface area contributed by atoms with Crippen LogP contribution < -0.4 is 5.73 Å². The minimum absolute atomic E-state index is 0. The molecule has 64 valence electrons. The average molecular weight is 219 g/mol. The number of halogens is 1. The number of nitrogens with two attached hydrogens (primary N) is 1. The van der Waals surface area contributed by atoms with Crippen molar-refractivity contribution < 1.29 is 0 Å². The van der Waals surface area contributed by atoms with E-state index >= 15 is 0 Å². The molecule has 0 saturated heterocycles. The van der Waals surface area contributed by atoms with Crippen molar-refractivity contribution in [2.75, 3.05) is 0 Å². The molecule has 2 heterocycles. The van der Waals surface area contributed by atoms with E-state index in [0.717, 1.165) is 4.88 Å². The van der Waals surface area contributed by atoms with Gasteiger partial charge in [-0.15, -0.1) is 35.1 Å². The summed E-state index contributed by atoms with van der Waals surface area (Å²) in [4.78, 5) is 0.867. The van der Waals surface area contributed by atoms with Crippen molar-refractivity contribution in [1.29, 1.82) is 5.41 Å². The number of fused-ring (bicyclic) bond motifs is 1. The lowest BCUT2D eigenvalue weighted by Gasteiger charge is -1.85. The van der Waals surface area contributed by atoms with Gasteiger partial charge < -0.3 is 5.73 Å². The molecular weight excluding hydrogens is 212 g/mol. The summed E-state index contributed by atoms with van der Waals surface area (Å²) in [5.74, 6) is 0.165. The summed E-state index contributed by atoms with van der Waals surface area (Å²) in [6.45, 7) is 0. The van der Waals surface area contributed by atoms with Crippen LogP contribution >= 0.6 is 35.1 Å². The molecule has 0 radical (unpaired) electrons. The number of rotatable bonds is 1. The van der Waals surface area contributed by atoms with E-state index < -0.39 is 0 Å². The Bertz CT molecular complexity index is 376. The third-order valence-corrected chi connectivity index (χ3v) is 3.53. The van der Waals surface area contributed by atoms with Gasteiger partial charge in [-0.05, 0) is 17.5 Å². The van der Waals surface area contributed by atoms with Gasteiger partial charge >= 0.3 is 0 Å². The van der Waals surface area contributed by atoms with Crippen LogP contribution in [0.5, 0.6) is 0 Å². The second-order valence-corrected chi connectivity index (χ2v) is 4.20. The minimum atomic E-state index is 0. The van der Waals surface area contributed by atoms with Crippen molar-refractivity contribution in [1.82, 2.24) is 0 Å². The quantitative estimate of drug-likeness (QED) is 0.561. The molecule has 0 saturated carbocycles. The third-order valence-electron chi connectivity index (χ3n) is 1.40. The molecule has 0 fully saturated rings. The number of nitrogens with one attached hydrogen (secondary N) is 1. The maximum Gasteiger partial charge on any atom is 0.133 e. The van der Waals surface area contributed by atoms with Crippen LogP contribution in [0.3, 0.4) is 0 Å². The molecule has 0 spiro atoms. The molecular formula is C7H7ClN2S2. The molecule has 0 aliphatic rings. The van der Waals surface area contributed by atoms with Gasteiger partial charge in [0.1, 0.15) is 5.84 Å². The molecule has 2 nitrogen and oxygen atoms in total. The van der Waals surface area contributed by atoms with Crippen molar-refractivity contribution in [2.24, 2.45) is 5.73 Å². The fourth-order valence-corrected chi connectivity index (χ4v) is 2.87. The lowest BCUT2D eigenvalue weighted by molar-refractivity contribution is 1.46. The average Bonchev–Trinajstić information content (AvgIpc) is 2.40. The zero-order chi connectivity index (χ0) is 7.84. The fourth-order valence-electron chi connectivity index (χ4n) is 0.899. The summed E-state index contributed by atoms with van der Waals surface area (Å²) in [5, 5.41) is 9.25. The Balaban J connectivity index is 0.000000720. The van der Waals surface area contributed by atoms with Crippen LogP contribution in [0.1, 0.15) is 4.88 Å². The second-order valence-electron chi connectivity index (χ2n) is 2.17. The predicted octanol–water partition coefficient (Wildman–Crippen LogP) is 2.67. The van der Waals surface area contributed by atoms with E-state index in [1.165, 1.54) is 9.40 Å². The normalized spacial score (nSPS) is 9.67. The monoisotopic (exact) mass is 218 g/mol. The van der Waals surface area contributed by atoms with Gasteiger partial charge in [-0.25, -0.2) is 0 Å². The van der Waals surface area contributed by atoms with Gasteiger partial charge in [0.05, 0.1) is 4.88 Å². The maximum absolute atomic E-state index is 7.20. The van der Waals surface area contributed by atoms with Crippen LogP contribution in [0.25, 0.3) is 9.40 Å². The first-order valence-corrected chi connectivity index (χ1v) is 4.78. The van der Waals surface area contributed by atoms with Gasteiger partial charge in [0.15, 0.2) is 0 Å². The van der Waals surface area contributed by atoms with Crippen molar-refractivity contribution in [3.63, 3.8) is 0 Å². The molecule has 2 rings (SSSR count). The number of thiophene rings is 2. The van der Waals surface area contributed by atoms with E-state index in [2.05, 4.69) is 6.07 Å². The van der Waals surface area contributed by atoms with Gasteiger partial charge in [-0.3, -0.25) is 5.41 Å². The molecule has 2 aromatic heterocycles.